The van der Waals surface area contributed by atoms with Crippen LogP contribution in [0.3, 0.4) is 0 Å². The van der Waals surface area contributed by atoms with Gasteiger partial charge in [0.05, 0.1) is 0 Å². The van der Waals surface area contributed by atoms with E-state index in [0.717, 1.165) is 24.3 Å². The van der Waals surface area contributed by atoms with Crippen molar-refractivity contribution in [3.05, 3.63) is 23.8 Å². The summed E-state index contributed by atoms with van der Waals surface area (Å²) in [5, 5.41) is 0. The van der Waals surface area contributed by atoms with E-state index in [-0.39, 0.29) is 5.91 Å². The minimum absolute atomic E-state index is 0.161. The Morgan fingerprint density at radius 3 is 2.68 bits per heavy atom. The van der Waals surface area contributed by atoms with Crippen molar-refractivity contribution in [3.63, 3.8) is 0 Å². The highest BCUT2D eigenvalue weighted by atomic mass is 16.6. The van der Waals surface area contributed by atoms with Gasteiger partial charge in [-0.25, -0.2) is 0 Å². The molecule has 0 radical (unpaired) electrons. The number of piperidine rings is 1. The van der Waals surface area contributed by atoms with Crippen LogP contribution in [0, 0.1) is 5.92 Å². The Morgan fingerprint density at radius 2 is 1.77 bits per heavy atom. The smallest absolute Gasteiger partial charge is 0.254 e. The molecule has 1 aromatic carbocycles. The summed E-state index contributed by atoms with van der Waals surface area (Å²) in [6, 6.07) is 6.04. The van der Waals surface area contributed by atoms with Crippen LogP contribution >= 0.6 is 0 Å². The molecule has 118 valence electrons. The summed E-state index contributed by atoms with van der Waals surface area (Å²) in [5.74, 6) is 2.32. The Labute approximate surface area is 131 Å². The molecule has 0 aromatic heterocycles. The van der Waals surface area contributed by atoms with Crippen molar-refractivity contribution in [2.24, 2.45) is 5.92 Å². The second-order valence-electron chi connectivity index (χ2n) is 6.61. The topological polar surface area (TPSA) is 38.8 Å². The molecule has 22 heavy (non-hydrogen) atoms. The lowest BCUT2D eigenvalue weighted by atomic mass is 9.78. The summed E-state index contributed by atoms with van der Waals surface area (Å²) in [7, 11) is 0. The maximum Gasteiger partial charge on any atom is 0.254 e. The van der Waals surface area contributed by atoms with Gasteiger partial charge in [0, 0.05) is 18.2 Å². The zero-order valence-electron chi connectivity index (χ0n) is 12.9. The summed E-state index contributed by atoms with van der Waals surface area (Å²) in [5.41, 5.74) is 0.732. The number of rotatable bonds is 1. The molecule has 1 aromatic rings. The fourth-order valence-corrected chi connectivity index (χ4v) is 4.22. The number of hydrogen-bond donors (Lipinski definition) is 0. The predicted molar refractivity (Wildman–Crippen MR) is 83.4 cm³/mol. The lowest BCUT2D eigenvalue weighted by Gasteiger charge is -2.44. The molecule has 4 rings (SSSR count). The first kappa shape index (κ1) is 13.9. The number of benzene rings is 1. The van der Waals surface area contributed by atoms with Gasteiger partial charge in [-0.1, -0.05) is 12.8 Å². The van der Waals surface area contributed by atoms with E-state index in [9.17, 15) is 4.79 Å². The van der Waals surface area contributed by atoms with Crippen molar-refractivity contribution < 1.29 is 14.3 Å². The number of ether oxygens (including phenoxy) is 2. The largest absolute Gasteiger partial charge is 0.486 e. The van der Waals surface area contributed by atoms with Gasteiger partial charge < -0.3 is 14.4 Å². The average Bonchev–Trinajstić information content (AvgIpc) is 2.60. The van der Waals surface area contributed by atoms with Crippen molar-refractivity contribution in [1.82, 2.24) is 4.90 Å². The minimum atomic E-state index is 0.161. The molecule has 0 bridgehead atoms. The van der Waals surface area contributed by atoms with Crippen LogP contribution in [0.1, 0.15) is 48.9 Å². The quantitative estimate of drug-likeness (QED) is 0.799. The van der Waals surface area contributed by atoms with Crippen molar-refractivity contribution in [2.45, 2.75) is 44.6 Å². The minimum Gasteiger partial charge on any atom is -0.486 e. The van der Waals surface area contributed by atoms with Gasteiger partial charge in [-0.3, -0.25) is 4.79 Å². The van der Waals surface area contributed by atoms with Crippen molar-refractivity contribution in [3.8, 4) is 11.5 Å². The predicted octanol–water partition coefficient (Wildman–Crippen LogP) is 3.25. The number of amides is 1. The third-order valence-electron chi connectivity index (χ3n) is 5.29. The summed E-state index contributed by atoms with van der Waals surface area (Å²) >= 11 is 0. The van der Waals surface area contributed by atoms with E-state index in [2.05, 4.69) is 4.90 Å². The standard InChI is InChI=1S/C18H23NO3/c20-18(14-7-8-16-17(12-14)22-11-10-21-16)19-9-3-5-13-4-1-2-6-15(13)19/h7-8,12-13,15H,1-6,9-11H2. The number of likely N-dealkylation sites (tertiary alicyclic amines) is 1. The van der Waals surface area contributed by atoms with Gasteiger partial charge in [-0.2, -0.15) is 0 Å². The maximum absolute atomic E-state index is 13.0. The fourth-order valence-electron chi connectivity index (χ4n) is 4.22. The first-order valence-electron chi connectivity index (χ1n) is 8.53. The molecule has 2 fully saturated rings. The third kappa shape index (κ3) is 2.44. The van der Waals surface area contributed by atoms with Crippen molar-refractivity contribution in [2.75, 3.05) is 19.8 Å². The molecule has 1 aliphatic carbocycles. The third-order valence-corrected chi connectivity index (χ3v) is 5.29. The lowest BCUT2D eigenvalue weighted by Crippen LogP contribution is -2.49. The van der Waals surface area contributed by atoms with Crippen LogP contribution in [0.15, 0.2) is 18.2 Å². The molecule has 2 aliphatic heterocycles. The molecule has 2 atom stereocenters. The summed E-state index contributed by atoms with van der Waals surface area (Å²) in [6.07, 6.45) is 7.46. The average molecular weight is 301 g/mol. The second-order valence-corrected chi connectivity index (χ2v) is 6.61. The monoisotopic (exact) mass is 301 g/mol. The second kappa shape index (κ2) is 5.82. The van der Waals surface area contributed by atoms with Crippen LogP contribution in [0.4, 0.5) is 0 Å². The van der Waals surface area contributed by atoms with E-state index in [1.807, 2.05) is 18.2 Å². The van der Waals surface area contributed by atoms with Gasteiger partial charge in [-0.05, 0) is 49.8 Å². The molecule has 4 heteroatoms. The molecule has 2 unspecified atom stereocenters. The first-order chi connectivity index (χ1) is 10.8. The summed E-state index contributed by atoms with van der Waals surface area (Å²) in [6.45, 7) is 2.03. The van der Waals surface area contributed by atoms with Crippen molar-refractivity contribution >= 4 is 5.91 Å². The van der Waals surface area contributed by atoms with Crippen LogP contribution in [0.5, 0.6) is 11.5 Å². The van der Waals surface area contributed by atoms with Crippen LogP contribution < -0.4 is 9.47 Å². The molecule has 4 nitrogen and oxygen atoms in total. The number of carbonyl (C=O) groups is 1. The van der Waals surface area contributed by atoms with Crippen LogP contribution in [0.2, 0.25) is 0 Å². The number of carbonyl (C=O) groups excluding carboxylic acids is 1. The van der Waals surface area contributed by atoms with Crippen LogP contribution in [-0.4, -0.2) is 36.6 Å². The molecular weight excluding hydrogens is 278 g/mol. The van der Waals surface area contributed by atoms with Gasteiger partial charge in [0.2, 0.25) is 0 Å². The highest BCUT2D eigenvalue weighted by molar-refractivity contribution is 5.95. The highest BCUT2D eigenvalue weighted by Crippen LogP contribution is 2.37. The Balaban J connectivity index is 1.57. The van der Waals surface area contributed by atoms with Crippen molar-refractivity contribution in [1.29, 1.82) is 0 Å². The molecule has 0 spiro atoms. The number of hydrogen-bond acceptors (Lipinski definition) is 3. The summed E-state index contributed by atoms with van der Waals surface area (Å²) < 4.78 is 11.2. The Kier molecular flexibility index (Phi) is 3.68. The molecule has 1 saturated heterocycles. The molecule has 2 heterocycles. The van der Waals surface area contributed by atoms with E-state index in [1.54, 1.807) is 0 Å². The highest BCUT2D eigenvalue weighted by Gasteiger charge is 2.36. The molecule has 1 amide bonds. The molecule has 0 N–H and O–H groups in total. The number of nitrogens with zero attached hydrogens (tertiary/aromatic N) is 1. The normalized spacial score (nSPS) is 27.2. The van der Waals surface area contributed by atoms with Gasteiger partial charge in [-0.15, -0.1) is 0 Å². The van der Waals surface area contributed by atoms with Gasteiger partial charge >= 0.3 is 0 Å². The molecule has 3 aliphatic rings. The fraction of sp³-hybridized carbons (Fsp3) is 0.611. The van der Waals surface area contributed by atoms with E-state index in [1.165, 1.54) is 32.1 Å². The van der Waals surface area contributed by atoms with E-state index < -0.39 is 0 Å². The van der Waals surface area contributed by atoms with E-state index >= 15 is 0 Å². The Bertz CT molecular complexity index is 569. The Morgan fingerprint density at radius 1 is 1.00 bits per heavy atom. The van der Waals surface area contributed by atoms with Crippen LogP contribution in [-0.2, 0) is 0 Å². The van der Waals surface area contributed by atoms with Gasteiger partial charge in [0.15, 0.2) is 11.5 Å². The SMILES string of the molecule is O=C(c1ccc2c(c1)OCCO2)N1CCCC2CCCCC21. The molecule has 1 saturated carbocycles. The van der Waals surface area contributed by atoms with Gasteiger partial charge in [0.25, 0.3) is 5.91 Å². The zero-order chi connectivity index (χ0) is 14.9. The van der Waals surface area contributed by atoms with Crippen LogP contribution in [0.25, 0.3) is 0 Å². The van der Waals surface area contributed by atoms with E-state index in [4.69, 9.17) is 9.47 Å². The maximum atomic E-state index is 13.0. The molecular formula is C18H23NO3. The Hall–Kier alpha value is -1.71. The van der Waals surface area contributed by atoms with Gasteiger partial charge in [0.1, 0.15) is 13.2 Å². The zero-order valence-corrected chi connectivity index (χ0v) is 12.9. The lowest BCUT2D eigenvalue weighted by molar-refractivity contribution is 0.0390. The first-order valence-corrected chi connectivity index (χ1v) is 8.53. The summed E-state index contributed by atoms with van der Waals surface area (Å²) in [4.78, 5) is 15.1. The number of fused-ring (bicyclic) bond motifs is 2. The van der Waals surface area contributed by atoms with E-state index in [0.29, 0.717) is 30.9 Å².